The van der Waals surface area contributed by atoms with Gasteiger partial charge in [0, 0.05) is 8.54 Å². The molecule has 0 atom stereocenters. The van der Waals surface area contributed by atoms with Crippen LogP contribution in [-0.4, -0.2) is 17.8 Å². The van der Waals surface area contributed by atoms with Gasteiger partial charge in [-0.15, -0.1) is 0 Å². The summed E-state index contributed by atoms with van der Waals surface area (Å²) in [7, 11) is 0. The molecule has 1 amide bonds. The molecule has 0 aromatic heterocycles. The third kappa shape index (κ3) is 3.98. The summed E-state index contributed by atoms with van der Waals surface area (Å²) >= 11 is 0. The van der Waals surface area contributed by atoms with E-state index in [1.165, 1.54) is 5.56 Å². The van der Waals surface area contributed by atoms with Crippen molar-refractivity contribution < 1.29 is 22.2 Å². The van der Waals surface area contributed by atoms with Crippen LogP contribution in [0.3, 0.4) is 0 Å². The SMILES string of the molecule is CC(C)(C)c1ccc(NC(=O)C2(c3ccc4c(c3)OCO4)CC2)cc1-c1ccc(CO)cc1.[HH].[HH]. The minimum absolute atomic E-state index is 0. The molecule has 1 aliphatic carbocycles. The molecule has 1 heterocycles. The summed E-state index contributed by atoms with van der Waals surface area (Å²) in [4.78, 5) is 13.4. The van der Waals surface area contributed by atoms with Crippen LogP contribution in [0, 0.1) is 0 Å². The van der Waals surface area contributed by atoms with E-state index in [0.29, 0.717) is 5.75 Å². The van der Waals surface area contributed by atoms with Gasteiger partial charge in [-0.3, -0.25) is 4.79 Å². The maximum atomic E-state index is 13.4. The minimum atomic E-state index is -0.521. The summed E-state index contributed by atoms with van der Waals surface area (Å²) in [5, 5.41) is 12.6. The Morgan fingerprint density at radius 3 is 2.39 bits per heavy atom. The van der Waals surface area contributed by atoms with Crippen molar-refractivity contribution in [1.82, 2.24) is 0 Å². The standard InChI is InChI=1S/C28H29NO4.2H2/c1-27(2,3)23-10-9-21(15-22(23)19-6-4-18(16-30)5-7-19)29-26(31)28(12-13-28)20-8-11-24-25(14-20)33-17-32-24;;/h4-11,14-15,30H,12-13,16-17H2,1-3H3,(H,29,31);2*1H. The van der Waals surface area contributed by atoms with E-state index in [1.807, 2.05) is 48.5 Å². The van der Waals surface area contributed by atoms with Crippen molar-refractivity contribution >= 4 is 11.6 Å². The van der Waals surface area contributed by atoms with Crippen LogP contribution >= 0.6 is 0 Å². The zero-order chi connectivity index (χ0) is 23.2. The molecule has 5 rings (SSSR count). The van der Waals surface area contributed by atoms with Gasteiger partial charge in [-0.25, -0.2) is 0 Å². The molecular weight excluding hydrogens is 414 g/mol. The molecule has 0 radical (unpaired) electrons. The number of carbonyl (C=O) groups excluding carboxylic acids is 1. The molecule has 0 unspecified atom stereocenters. The molecule has 5 heteroatoms. The number of amides is 1. The average Bonchev–Trinajstić information content (AvgIpc) is 3.49. The number of benzene rings is 3. The summed E-state index contributed by atoms with van der Waals surface area (Å²) in [5.74, 6) is 1.44. The number of hydrogen-bond acceptors (Lipinski definition) is 4. The van der Waals surface area contributed by atoms with E-state index < -0.39 is 5.41 Å². The summed E-state index contributed by atoms with van der Waals surface area (Å²) in [6.45, 7) is 6.80. The molecule has 3 aromatic carbocycles. The lowest BCUT2D eigenvalue weighted by Crippen LogP contribution is -2.28. The number of hydrogen-bond donors (Lipinski definition) is 2. The number of carbonyl (C=O) groups is 1. The van der Waals surface area contributed by atoms with Crippen LogP contribution in [0.1, 0.15) is 53.2 Å². The van der Waals surface area contributed by atoms with Crippen molar-refractivity contribution in [2.24, 2.45) is 0 Å². The highest BCUT2D eigenvalue weighted by molar-refractivity contribution is 6.02. The normalized spacial score (nSPS) is 15.9. The fraction of sp³-hybridized carbons (Fsp3) is 0.321. The Labute approximate surface area is 197 Å². The van der Waals surface area contributed by atoms with Crippen LogP contribution in [0.5, 0.6) is 11.5 Å². The third-order valence-corrected chi connectivity index (χ3v) is 6.64. The molecule has 0 saturated heterocycles. The smallest absolute Gasteiger partial charge is 0.235 e. The predicted molar refractivity (Wildman–Crippen MR) is 133 cm³/mol. The molecule has 2 N–H and O–H groups in total. The zero-order valence-electron chi connectivity index (χ0n) is 19.3. The molecule has 5 nitrogen and oxygen atoms in total. The van der Waals surface area contributed by atoms with Gasteiger partial charge < -0.3 is 19.9 Å². The van der Waals surface area contributed by atoms with Crippen molar-refractivity contribution in [1.29, 1.82) is 0 Å². The molecule has 1 fully saturated rings. The Hall–Kier alpha value is -3.31. The molecule has 0 spiro atoms. The Kier molecular flexibility index (Phi) is 5.17. The fourth-order valence-corrected chi connectivity index (χ4v) is 4.52. The molecular formula is C28H33NO4. The second kappa shape index (κ2) is 7.92. The van der Waals surface area contributed by atoms with E-state index in [1.54, 1.807) is 0 Å². The Balaban J connectivity index is 0.00000171. The van der Waals surface area contributed by atoms with Crippen LogP contribution in [0.2, 0.25) is 0 Å². The van der Waals surface area contributed by atoms with E-state index in [-0.39, 0.29) is 27.6 Å². The molecule has 3 aromatic rings. The van der Waals surface area contributed by atoms with Gasteiger partial charge in [-0.1, -0.05) is 57.2 Å². The molecule has 1 saturated carbocycles. The van der Waals surface area contributed by atoms with Gasteiger partial charge in [0.1, 0.15) is 0 Å². The van der Waals surface area contributed by atoms with Crippen LogP contribution in [0.15, 0.2) is 60.7 Å². The molecule has 1 aliphatic heterocycles. The minimum Gasteiger partial charge on any atom is -0.454 e. The van der Waals surface area contributed by atoms with Gasteiger partial charge >= 0.3 is 0 Å². The lowest BCUT2D eigenvalue weighted by atomic mass is 9.81. The van der Waals surface area contributed by atoms with Crippen molar-refractivity contribution in [2.75, 3.05) is 12.1 Å². The Morgan fingerprint density at radius 2 is 1.73 bits per heavy atom. The first-order valence-corrected chi connectivity index (χ1v) is 11.4. The van der Waals surface area contributed by atoms with Gasteiger partial charge in [-0.05, 0) is 70.3 Å². The second-order valence-electron chi connectivity index (χ2n) is 9.97. The number of aliphatic hydroxyl groups excluding tert-OH is 1. The molecule has 33 heavy (non-hydrogen) atoms. The highest BCUT2D eigenvalue weighted by Crippen LogP contribution is 2.51. The maximum absolute atomic E-state index is 13.4. The zero-order valence-corrected chi connectivity index (χ0v) is 19.3. The summed E-state index contributed by atoms with van der Waals surface area (Å²) < 4.78 is 10.9. The number of nitrogens with one attached hydrogen (secondary N) is 1. The van der Waals surface area contributed by atoms with Crippen molar-refractivity contribution in [3.05, 3.63) is 77.4 Å². The average molecular weight is 448 g/mol. The van der Waals surface area contributed by atoms with Crippen LogP contribution < -0.4 is 14.8 Å². The number of anilines is 1. The second-order valence-corrected chi connectivity index (χ2v) is 9.97. The summed E-state index contributed by atoms with van der Waals surface area (Å²) in [6.07, 6.45) is 1.63. The van der Waals surface area contributed by atoms with Crippen molar-refractivity contribution in [3.63, 3.8) is 0 Å². The third-order valence-electron chi connectivity index (χ3n) is 6.64. The van der Waals surface area contributed by atoms with E-state index in [9.17, 15) is 9.90 Å². The highest BCUT2D eigenvalue weighted by atomic mass is 16.7. The number of aliphatic hydroxyl groups is 1. The van der Waals surface area contributed by atoms with E-state index >= 15 is 0 Å². The van der Waals surface area contributed by atoms with Crippen LogP contribution in [0.25, 0.3) is 11.1 Å². The molecule has 174 valence electrons. The van der Waals surface area contributed by atoms with Gasteiger partial charge in [0.2, 0.25) is 12.7 Å². The number of ether oxygens (including phenoxy) is 2. The van der Waals surface area contributed by atoms with Gasteiger partial charge in [0.25, 0.3) is 0 Å². The first kappa shape index (κ1) is 21.5. The van der Waals surface area contributed by atoms with Gasteiger partial charge in [0.15, 0.2) is 11.5 Å². The van der Waals surface area contributed by atoms with Crippen molar-refractivity contribution in [2.45, 2.75) is 51.0 Å². The lowest BCUT2D eigenvalue weighted by Gasteiger charge is -2.24. The molecule has 0 bridgehead atoms. The van der Waals surface area contributed by atoms with E-state index in [4.69, 9.17) is 9.47 Å². The summed E-state index contributed by atoms with van der Waals surface area (Å²) in [5.41, 5.74) is 5.39. The van der Waals surface area contributed by atoms with Crippen LogP contribution in [-0.2, 0) is 22.2 Å². The first-order valence-electron chi connectivity index (χ1n) is 11.4. The Bertz CT molecular complexity index is 1210. The number of fused-ring (bicyclic) bond motifs is 1. The molecule has 2 aliphatic rings. The van der Waals surface area contributed by atoms with Crippen molar-refractivity contribution in [3.8, 4) is 22.6 Å². The van der Waals surface area contributed by atoms with E-state index in [2.05, 4.69) is 38.2 Å². The topological polar surface area (TPSA) is 67.8 Å². The predicted octanol–water partition coefficient (Wildman–Crippen LogP) is 6.03. The quantitative estimate of drug-likeness (QED) is 0.501. The fourth-order valence-electron chi connectivity index (χ4n) is 4.52. The van der Waals surface area contributed by atoms with E-state index in [0.717, 1.165) is 46.5 Å². The highest BCUT2D eigenvalue weighted by Gasteiger charge is 2.51. The largest absolute Gasteiger partial charge is 0.454 e. The number of rotatable bonds is 5. The maximum Gasteiger partial charge on any atom is 0.235 e. The van der Waals surface area contributed by atoms with Gasteiger partial charge in [0.05, 0.1) is 12.0 Å². The lowest BCUT2D eigenvalue weighted by molar-refractivity contribution is -0.118. The monoisotopic (exact) mass is 447 g/mol. The van der Waals surface area contributed by atoms with Crippen LogP contribution in [0.4, 0.5) is 5.69 Å². The Morgan fingerprint density at radius 1 is 1.00 bits per heavy atom. The first-order chi connectivity index (χ1) is 15.8. The summed E-state index contributed by atoms with van der Waals surface area (Å²) in [6, 6.07) is 19.9. The van der Waals surface area contributed by atoms with Gasteiger partial charge in [-0.2, -0.15) is 0 Å².